The SMILES string of the molecule is CC(=O)C1=C2C=CC(=N2)C=C2C=CC(=N2)C=C2C=CC(=N2)C(C(C)=O)=C2C=CC1=N2. The van der Waals surface area contributed by atoms with Crippen LogP contribution in [-0.2, 0) is 9.59 Å². The van der Waals surface area contributed by atoms with E-state index in [1.807, 2.05) is 36.5 Å². The van der Waals surface area contributed by atoms with Gasteiger partial charge in [-0.05, 0) is 74.6 Å². The molecule has 5 heterocycles. The second kappa shape index (κ2) is 6.77. The van der Waals surface area contributed by atoms with E-state index in [1.54, 1.807) is 24.3 Å². The van der Waals surface area contributed by atoms with Crippen molar-refractivity contribution >= 4 is 34.4 Å². The zero-order valence-electron chi connectivity index (χ0n) is 16.4. The molecular weight excluding hydrogens is 376 g/mol. The summed E-state index contributed by atoms with van der Waals surface area (Å²) in [5.41, 5.74) is 5.82. The topological polar surface area (TPSA) is 83.6 Å². The molecule has 0 saturated heterocycles. The third-order valence-electron chi connectivity index (χ3n) is 4.97. The molecule has 0 radical (unpaired) electrons. The molecule has 0 aromatic heterocycles. The molecule has 0 aromatic carbocycles. The Morgan fingerprint density at radius 2 is 1.07 bits per heavy atom. The largest absolute Gasteiger partial charge is 0.294 e. The molecule has 0 N–H and O–H groups in total. The van der Waals surface area contributed by atoms with Crippen molar-refractivity contribution in [2.45, 2.75) is 13.8 Å². The third kappa shape index (κ3) is 3.08. The van der Waals surface area contributed by atoms with E-state index in [1.165, 1.54) is 13.8 Å². The maximum Gasteiger partial charge on any atom is 0.164 e. The maximum atomic E-state index is 12.4. The predicted octanol–water partition coefficient (Wildman–Crippen LogP) is 3.50. The first-order valence-corrected chi connectivity index (χ1v) is 9.49. The summed E-state index contributed by atoms with van der Waals surface area (Å²) in [7, 11) is 0. The summed E-state index contributed by atoms with van der Waals surface area (Å²) in [5.74, 6) is -0.293. The molecule has 5 aliphatic rings. The van der Waals surface area contributed by atoms with Gasteiger partial charge in [-0.25, -0.2) is 20.0 Å². The van der Waals surface area contributed by atoms with E-state index in [9.17, 15) is 9.59 Å². The van der Waals surface area contributed by atoms with Gasteiger partial charge in [-0.3, -0.25) is 9.59 Å². The van der Waals surface area contributed by atoms with E-state index in [-0.39, 0.29) is 11.6 Å². The third-order valence-corrected chi connectivity index (χ3v) is 4.97. The second-order valence-electron chi connectivity index (χ2n) is 7.17. The summed E-state index contributed by atoms with van der Waals surface area (Å²) in [6, 6.07) is 0. The Morgan fingerprint density at radius 3 is 1.80 bits per heavy atom. The number of fused-ring (bicyclic) bond motifs is 4. The zero-order valence-corrected chi connectivity index (χ0v) is 16.4. The minimum absolute atomic E-state index is 0.146. The van der Waals surface area contributed by atoms with E-state index < -0.39 is 0 Å². The Morgan fingerprint density at radius 1 is 0.567 bits per heavy atom. The maximum absolute atomic E-state index is 12.4. The van der Waals surface area contributed by atoms with Gasteiger partial charge in [0, 0.05) is 0 Å². The standard InChI is InChI=1S/C24H16N4O2/c1-13(29)23-19-7-5-17(26-19)11-15-3-4-16(25-15)12-18-6-8-20(27-18)24(14(2)30)22-10-9-21(23)28-22/h3-12H,1-2H3. The molecule has 0 atom stereocenters. The van der Waals surface area contributed by atoms with Gasteiger partial charge in [0.2, 0.25) is 0 Å². The molecule has 144 valence electrons. The molecule has 30 heavy (non-hydrogen) atoms. The summed E-state index contributed by atoms with van der Waals surface area (Å²) in [4.78, 5) is 43.2. The lowest BCUT2D eigenvalue weighted by atomic mass is 10.0. The van der Waals surface area contributed by atoms with Crippen molar-refractivity contribution in [2.75, 3.05) is 0 Å². The first-order chi connectivity index (χ1) is 14.5. The average Bonchev–Trinajstić information content (AvgIpc) is 3.46. The number of aliphatic imine (C=N–C) groups is 4. The quantitative estimate of drug-likeness (QED) is 0.720. The smallest absolute Gasteiger partial charge is 0.164 e. The highest BCUT2D eigenvalue weighted by Gasteiger charge is 2.24. The molecule has 0 unspecified atom stereocenters. The van der Waals surface area contributed by atoms with Crippen LogP contribution in [0.4, 0.5) is 0 Å². The fourth-order valence-corrected chi connectivity index (χ4v) is 3.68. The van der Waals surface area contributed by atoms with E-state index in [4.69, 9.17) is 0 Å². The summed E-state index contributed by atoms with van der Waals surface area (Å²) in [6.45, 7) is 2.98. The molecule has 0 fully saturated rings. The van der Waals surface area contributed by atoms with Crippen molar-refractivity contribution in [3.63, 3.8) is 0 Å². The molecule has 5 rings (SSSR count). The Kier molecular flexibility index (Phi) is 4.06. The van der Waals surface area contributed by atoms with Crippen LogP contribution in [0.25, 0.3) is 0 Å². The Labute approximate surface area is 172 Å². The Balaban J connectivity index is 1.77. The molecule has 6 nitrogen and oxygen atoms in total. The highest BCUT2D eigenvalue weighted by molar-refractivity contribution is 6.31. The summed E-state index contributed by atoms with van der Waals surface area (Å²) < 4.78 is 0. The van der Waals surface area contributed by atoms with Gasteiger partial charge in [-0.2, -0.15) is 0 Å². The minimum Gasteiger partial charge on any atom is -0.294 e. The number of Topliss-reactive ketones (excluding diaryl/α,β-unsaturated/α-hetero) is 2. The van der Waals surface area contributed by atoms with E-state index in [2.05, 4.69) is 20.0 Å². The van der Waals surface area contributed by atoms with Crippen molar-refractivity contribution in [1.29, 1.82) is 0 Å². The summed E-state index contributed by atoms with van der Waals surface area (Å²) in [6.07, 6.45) is 18.3. The van der Waals surface area contributed by atoms with Gasteiger partial charge in [-0.15, -0.1) is 0 Å². The van der Waals surface area contributed by atoms with Crippen LogP contribution in [0.15, 0.2) is 115 Å². The van der Waals surface area contributed by atoms with Crippen molar-refractivity contribution in [3.05, 3.63) is 94.7 Å². The van der Waals surface area contributed by atoms with E-state index >= 15 is 0 Å². The number of hydrogen-bond donors (Lipinski definition) is 0. The lowest BCUT2D eigenvalue weighted by Gasteiger charge is -2.05. The molecule has 0 aliphatic carbocycles. The van der Waals surface area contributed by atoms with Gasteiger partial charge in [0.1, 0.15) is 0 Å². The van der Waals surface area contributed by atoms with Crippen LogP contribution in [0, 0.1) is 0 Å². The fourth-order valence-electron chi connectivity index (χ4n) is 3.68. The van der Waals surface area contributed by atoms with Crippen molar-refractivity contribution < 1.29 is 9.59 Å². The van der Waals surface area contributed by atoms with Gasteiger partial charge in [0.25, 0.3) is 0 Å². The van der Waals surface area contributed by atoms with E-state index in [0.717, 1.165) is 11.4 Å². The number of carbonyl (C=O) groups excluding carboxylic acids is 2. The van der Waals surface area contributed by atoms with Crippen LogP contribution in [0.2, 0.25) is 0 Å². The first-order valence-electron chi connectivity index (χ1n) is 9.49. The Hall–Kier alpha value is -4.06. The number of ketones is 2. The van der Waals surface area contributed by atoms with Gasteiger partial charge >= 0.3 is 0 Å². The summed E-state index contributed by atoms with van der Waals surface area (Å²) in [5, 5.41) is 0. The second-order valence-corrected chi connectivity index (χ2v) is 7.17. The molecular formula is C24H16N4O2. The number of rotatable bonds is 2. The lowest BCUT2D eigenvalue weighted by molar-refractivity contribution is -0.114. The Bertz CT molecular complexity index is 1300. The number of nitrogens with zero attached hydrogens (tertiary/aromatic N) is 4. The average molecular weight is 392 g/mol. The van der Waals surface area contributed by atoms with Crippen LogP contribution in [0.1, 0.15) is 13.8 Å². The van der Waals surface area contributed by atoms with Crippen molar-refractivity contribution in [1.82, 2.24) is 0 Å². The molecule has 0 spiro atoms. The first kappa shape index (κ1) is 18.0. The summed E-state index contributed by atoms with van der Waals surface area (Å²) >= 11 is 0. The molecule has 0 saturated carbocycles. The normalized spacial score (nSPS) is 21.0. The minimum atomic E-state index is -0.146. The van der Waals surface area contributed by atoms with Crippen LogP contribution in [-0.4, -0.2) is 34.4 Å². The highest BCUT2D eigenvalue weighted by Crippen LogP contribution is 2.27. The van der Waals surface area contributed by atoms with Gasteiger partial charge < -0.3 is 0 Å². The molecule has 0 amide bonds. The van der Waals surface area contributed by atoms with Gasteiger partial charge in [0.15, 0.2) is 11.6 Å². The lowest BCUT2D eigenvalue weighted by Crippen LogP contribution is -2.10. The monoisotopic (exact) mass is 392 g/mol. The highest BCUT2D eigenvalue weighted by atomic mass is 16.1. The van der Waals surface area contributed by atoms with Crippen LogP contribution >= 0.6 is 0 Å². The van der Waals surface area contributed by atoms with Crippen LogP contribution in [0.5, 0.6) is 0 Å². The zero-order chi connectivity index (χ0) is 20.8. The van der Waals surface area contributed by atoms with Crippen molar-refractivity contribution in [3.8, 4) is 0 Å². The van der Waals surface area contributed by atoms with Crippen molar-refractivity contribution in [2.24, 2.45) is 20.0 Å². The number of allylic oxidation sites excluding steroid dienone is 12. The predicted molar refractivity (Wildman–Crippen MR) is 118 cm³/mol. The molecule has 0 aromatic rings. The molecule has 6 heteroatoms. The molecule has 8 bridgehead atoms. The van der Waals surface area contributed by atoms with Crippen LogP contribution < -0.4 is 0 Å². The number of hydrogen-bond acceptors (Lipinski definition) is 6. The fraction of sp³-hybridized carbons (Fsp3) is 0.0833. The van der Waals surface area contributed by atoms with Gasteiger partial charge in [0.05, 0.1) is 56.8 Å². The molecule has 5 aliphatic heterocycles. The van der Waals surface area contributed by atoms with Crippen LogP contribution in [0.3, 0.4) is 0 Å². The van der Waals surface area contributed by atoms with E-state index in [0.29, 0.717) is 45.4 Å². The number of carbonyl (C=O) groups is 2. The van der Waals surface area contributed by atoms with Gasteiger partial charge in [-0.1, -0.05) is 0 Å².